The smallest absolute Gasteiger partial charge is 0.238 e. The summed E-state index contributed by atoms with van der Waals surface area (Å²) in [7, 11) is 0.295. The van der Waals surface area contributed by atoms with E-state index in [9.17, 15) is 8.42 Å². The molecule has 1 fully saturated rings. The summed E-state index contributed by atoms with van der Waals surface area (Å²) in [6, 6.07) is 6.78. The van der Waals surface area contributed by atoms with Crippen molar-refractivity contribution in [2.24, 2.45) is 12.2 Å². The van der Waals surface area contributed by atoms with Crippen molar-refractivity contribution in [1.29, 1.82) is 0 Å². The third-order valence-electron chi connectivity index (χ3n) is 4.66. The lowest BCUT2D eigenvalue weighted by atomic mass is 10.1. The van der Waals surface area contributed by atoms with Gasteiger partial charge in [-0.15, -0.1) is 10.2 Å². The first-order chi connectivity index (χ1) is 11.3. The lowest BCUT2D eigenvalue weighted by molar-refractivity contribution is 0.243. The quantitative estimate of drug-likeness (QED) is 0.853. The molecule has 1 aliphatic rings. The topological polar surface area (TPSA) is 94.1 Å². The van der Waals surface area contributed by atoms with Crippen LogP contribution in [-0.4, -0.2) is 35.1 Å². The van der Waals surface area contributed by atoms with Crippen LogP contribution in [0.2, 0.25) is 0 Å². The predicted octanol–water partition coefficient (Wildman–Crippen LogP) is 1.53. The zero-order valence-corrected chi connectivity index (χ0v) is 15.0. The van der Waals surface area contributed by atoms with Crippen molar-refractivity contribution in [2.45, 2.75) is 43.2 Å². The van der Waals surface area contributed by atoms with Gasteiger partial charge in [0.05, 0.1) is 11.4 Å². The van der Waals surface area contributed by atoms with E-state index in [1.807, 2.05) is 27.1 Å². The Morgan fingerprint density at radius 1 is 1.38 bits per heavy atom. The number of rotatable bonds is 6. The van der Waals surface area contributed by atoms with Gasteiger partial charge in [-0.25, -0.2) is 13.6 Å². The highest BCUT2D eigenvalue weighted by molar-refractivity contribution is 7.89. The van der Waals surface area contributed by atoms with Crippen LogP contribution in [0, 0.1) is 0 Å². The second kappa shape index (κ2) is 6.27. The van der Waals surface area contributed by atoms with Crippen LogP contribution in [0.5, 0.6) is 0 Å². The molecular formula is C16H23N5O2S. The van der Waals surface area contributed by atoms with Gasteiger partial charge in [-0.3, -0.25) is 4.90 Å². The van der Waals surface area contributed by atoms with Crippen LogP contribution in [0.4, 0.5) is 0 Å². The maximum Gasteiger partial charge on any atom is 0.238 e. The van der Waals surface area contributed by atoms with E-state index in [1.165, 1.54) is 18.9 Å². The average Bonchev–Trinajstić information content (AvgIpc) is 3.31. The Morgan fingerprint density at radius 2 is 2.08 bits per heavy atom. The van der Waals surface area contributed by atoms with Crippen molar-refractivity contribution in [3.05, 3.63) is 41.5 Å². The highest BCUT2D eigenvalue weighted by Crippen LogP contribution is 2.38. The molecule has 130 valence electrons. The number of primary sulfonamides is 1. The molecule has 1 aromatic carbocycles. The molecule has 1 aliphatic carbocycles. The molecule has 3 rings (SSSR count). The summed E-state index contributed by atoms with van der Waals surface area (Å²) >= 11 is 0. The van der Waals surface area contributed by atoms with Gasteiger partial charge >= 0.3 is 0 Å². The van der Waals surface area contributed by atoms with E-state index in [1.54, 1.807) is 12.1 Å². The van der Waals surface area contributed by atoms with Crippen LogP contribution >= 0.6 is 0 Å². The van der Waals surface area contributed by atoms with Crippen molar-refractivity contribution in [3.8, 4) is 0 Å². The van der Waals surface area contributed by atoms with E-state index in [0.29, 0.717) is 12.5 Å². The van der Waals surface area contributed by atoms with Crippen molar-refractivity contribution in [2.75, 3.05) is 7.05 Å². The standard InChI is InChI=1S/C16H23N5O2S/c1-11(13-5-4-6-14(9-13)24(17,22)23)20(2)10-15-18-19-16(21(15)3)12-7-8-12/h4-6,9,11-12H,7-8,10H2,1-3H3,(H2,17,22,23). The minimum Gasteiger partial charge on any atom is -0.317 e. The number of nitrogens with two attached hydrogens (primary N) is 1. The Kier molecular flexibility index (Phi) is 4.46. The Balaban J connectivity index is 1.76. The molecule has 1 heterocycles. The second-order valence-corrected chi connectivity index (χ2v) is 8.08. The van der Waals surface area contributed by atoms with Crippen molar-refractivity contribution in [1.82, 2.24) is 19.7 Å². The van der Waals surface area contributed by atoms with E-state index in [-0.39, 0.29) is 10.9 Å². The lowest BCUT2D eigenvalue weighted by Crippen LogP contribution is -2.24. The van der Waals surface area contributed by atoms with Crippen molar-refractivity contribution >= 4 is 10.0 Å². The minimum absolute atomic E-state index is 0.0211. The molecule has 2 aromatic rings. The summed E-state index contributed by atoms with van der Waals surface area (Å²) in [5.74, 6) is 2.53. The predicted molar refractivity (Wildman–Crippen MR) is 90.7 cm³/mol. The largest absolute Gasteiger partial charge is 0.317 e. The molecular weight excluding hydrogens is 326 g/mol. The molecule has 1 atom stereocenters. The Hall–Kier alpha value is -1.77. The van der Waals surface area contributed by atoms with Gasteiger partial charge in [-0.2, -0.15) is 0 Å². The summed E-state index contributed by atoms with van der Waals surface area (Å²) in [5.41, 5.74) is 0.897. The fraction of sp³-hybridized carbons (Fsp3) is 0.500. The molecule has 24 heavy (non-hydrogen) atoms. The van der Waals surface area contributed by atoms with Crippen LogP contribution in [0.1, 0.15) is 48.9 Å². The lowest BCUT2D eigenvalue weighted by Gasteiger charge is -2.25. The Morgan fingerprint density at radius 3 is 2.71 bits per heavy atom. The van der Waals surface area contributed by atoms with E-state index in [2.05, 4.69) is 19.7 Å². The number of hydrogen-bond acceptors (Lipinski definition) is 5. The molecule has 8 heteroatoms. The number of aromatic nitrogens is 3. The van der Waals surface area contributed by atoms with Gasteiger partial charge in [-0.05, 0) is 44.5 Å². The highest BCUT2D eigenvalue weighted by Gasteiger charge is 2.29. The highest BCUT2D eigenvalue weighted by atomic mass is 32.2. The van der Waals surface area contributed by atoms with E-state index < -0.39 is 10.0 Å². The molecule has 0 spiro atoms. The fourth-order valence-corrected chi connectivity index (χ4v) is 3.34. The van der Waals surface area contributed by atoms with E-state index in [0.717, 1.165) is 17.2 Å². The van der Waals surface area contributed by atoms with Gasteiger partial charge in [0.1, 0.15) is 11.6 Å². The molecule has 0 aliphatic heterocycles. The van der Waals surface area contributed by atoms with Gasteiger partial charge in [-0.1, -0.05) is 12.1 Å². The number of benzene rings is 1. The SMILES string of the molecule is CC(c1cccc(S(N)(=O)=O)c1)N(C)Cc1nnc(C2CC2)n1C. The van der Waals surface area contributed by atoms with Gasteiger partial charge in [0.15, 0.2) is 0 Å². The fourth-order valence-electron chi connectivity index (χ4n) is 2.78. The molecule has 1 aromatic heterocycles. The average molecular weight is 349 g/mol. The Labute approximate surface area is 142 Å². The van der Waals surface area contributed by atoms with E-state index in [4.69, 9.17) is 5.14 Å². The van der Waals surface area contributed by atoms with Crippen LogP contribution in [0.25, 0.3) is 0 Å². The molecule has 1 saturated carbocycles. The molecule has 1 unspecified atom stereocenters. The summed E-state index contributed by atoms with van der Waals surface area (Å²) in [4.78, 5) is 2.25. The van der Waals surface area contributed by atoms with Crippen LogP contribution in [-0.2, 0) is 23.6 Å². The molecule has 2 N–H and O–H groups in total. The zero-order valence-electron chi connectivity index (χ0n) is 14.2. The maximum absolute atomic E-state index is 11.5. The van der Waals surface area contributed by atoms with Crippen LogP contribution in [0.3, 0.4) is 0 Å². The zero-order chi connectivity index (χ0) is 17.5. The normalized spacial score (nSPS) is 16.5. The van der Waals surface area contributed by atoms with Gasteiger partial charge in [0, 0.05) is 19.0 Å². The molecule has 0 saturated heterocycles. The number of sulfonamides is 1. The van der Waals surface area contributed by atoms with Crippen molar-refractivity contribution in [3.63, 3.8) is 0 Å². The first-order valence-corrected chi connectivity index (χ1v) is 9.53. The monoisotopic (exact) mass is 349 g/mol. The molecule has 0 amide bonds. The van der Waals surface area contributed by atoms with Gasteiger partial charge in [0.2, 0.25) is 10.0 Å². The summed E-state index contributed by atoms with van der Waals surface area (Å²) < 4.78 is 25.1. The first kappa shape index (κ1) is 17.1. The minimum atomic E-state index is -3.69. The second-order valence-electron chi connectivity index (χ2n) is 6.52. The number of hydrogen-bond donors (Lipinski definition) is 1. The summed E-state index contributed by atoms with van der Waals surface area (Å²) in [6.07, 6.45) is 2.39. The van der Waals surface area contributed by atoms with E-state index >= 15 is 0 Å². The first-order valence-electron chi connectivity index (χ1n) is 7.98. The third kappa shape index (κ3) is 3.50. The molecule has 0 radical (unpaired) electrons. The summed E-state index contributed by atoms with van der Waals surface area (Å²) in [5, 5.41) is 13.8. The number of nitrogens with zero attached hydrogens (tertiary/aromatic N) is 4. The third-order valence-corrected chi connectivity index (χ3v) is 5.57. The van der Waals surface area contributed by atoms with Gasteiger partial charge in [0.25, 0.3) is 0 Å². The molecule has 0 bridgehead atoms. The Bertz CT molecular complexity index is 842. The van der Waals surface area contributed by atoms with Crippen molar-refractivity contribution < 1.29 is 8.42 Å². The van der Waals surface area contributed by atoms with Gasteiger partial charge < -0.3 is 4.57 Å². The molecule has 7 nitrogen and oxygen atoms in total. The summed E-state index contributed by atoms with van der Waals surface area (Å²) in [6.45, 7) is 2.66. The van der Waals surface area contributed by atoms with Crippen LogP contribution in [0.15, 0.2) is 29.2 Å². The van der Waals surface area contributed by atoms with Crippen LogP contribution < -0.4 is 5.14 Å². The maximum atomic E-state index is 11.5.